The van der Waals surface area contributed by atoms with Gasteiger partial charge in [-0.3, -0.25) is 14.6 Å². The number of aromatic nitrogens is 1. The lowest BCUT2D eigenvalue weighted by Crippen LogP contribution is -2.22. The van der Waals surface area contributed by atoms with Crippen LogP contribution in [0, 0.1) is 0 Å². The zero-order chi connectivity index (χ0) is 19.5. The van der Waals surface area contributed by atoms with Gasteiger partial charge in [0, 0.05) is 24.8 Å². The Morgan fingerprint density at radius 1 is 1.14 bits per heavy atom. The van der Waals surface area contributed by atoms with Gasteiger partial charge in [0.05, 0.1) is 12.0 Å². The average molecular weight is 396 g/mol. The smallest absolute Gasteiger partial charge is 0.268 e. The lowest BCUT2D eigenvalue weighted by atomic mass is 10.0. The summed E-state index contributed by atoms with van der Waals surface area (Å²) in [7, 11) is 1.64. The molecule has 2 aliphatic rings. The SMILES string of the molecule is COc1ccc(CCN=C2NC(=O)/C(=C3\CCNC(=O)c4[nH]ccc43)S2)cc1. The van der Waals surface area contributed by atoms with Crippen LogP contribution >= 0.6 is 11.8 Å². The molecule has 0 bridgehead atoms. The zero-order valence-corrected chi connectivity index (χ0v) is 16.2. The summed E-state index contributed by atoms with van der Waals surface area (Å²) in [6.45, 7) is 1.07. The Morgan fingerprint density at radius 2 is 1.96 bits per heavy atom. The highest BCUT2D eigenvalue weighted by Gasteiger charge is 2.30. The van der Waals surface area contributed by atoms with Gasteiger partial charge in [0.25, 0.3) is 11.8 Å². The molecule has 7 nitrogen and oxygen atoms in total. The predicted molar refractivity (Wildman–Crippen MR) is 109 cm³/mol. The zero-order valence-electron chi connectivity index (χ0n) is 15.4. The molecule has 144 valence electrons. The second-order valence-corrected chi connectivity index (χ2v) is 7.42. The quantitative estimate of drug-likeness (QED) is 0.691. The minimum absolute atomic E-state index is 0.146. The van der Waals surface area contributed by atoms with Gasteiger partial charge in [0.1, 0.15) is 11.4 Å². The van der Waals surface area contributed by atoms with E-state index >= 15 is 0 Å². The first kappa shape index (κ1) is 18.4. The van der Waals surface area contributed by atoms with Gasteiger partial charge in [0.2, 0.25) is 0 Å². The van der Waals surface area contributed by atoms with Crippen molar-refractivity contribution in [3.63, 3.8) is 0 Å². The number of benzene rings is 1. The van der Waals surface area contributed by atoms with Crippen molar-refractivity contribution in [2.45, 2.75) is 12.8 Å². The van der Waals surface area contributed by atoms with Crippen molar-refractivity contribution in [1.29, 1.82) is 0 Å². The Kier molecular flexibility index (Phi) is 5.21. The molecule has 2 amide bonds. The van der Waals surface area contributed by atoms with Crippen LogP contribution < -0.4 is 15.4 Å². The molecule has 8 heteroatoms. The second-order valence-electron chi connectivity index (χ2n) is 6.42. The number of hydrogen-bond acceptors (Lipinski definition) is 5. The van der Waals surface area contributed by atoms with E-state index in [1.807, 2.05) is 30.3 Å². The monoisotopic (exact) mass is 396 g/mol. The number of carbonyl (C=O) groups excluding carboxylic acids is 2. The number of thioether (sulfide) groups is 1. The number of fused-ring (bicyclic) bond motifs is 1. The molecule has 0 aliphatic carbocycles. The van der Waals surface area contributed by atoms with E-state index < -0.39 is 0 Å². The summed E-state index contributed by atoms with van der Waals surface area (Å²) >= 11 is 1.34. The summed E-state index contributed by atoms with van der Waals surface area (Å²) in [4.78, 5) is 32.7. The predicted octanol–water partition coefficient (Wildman–Crippen LogP) is 2.33. The molecule has 0 atom stereocenters. The minimum atomic E-state index is -0.162. The van der Waals surface area contributed by atoms with Crippen LogP contribution in [-0.2, 0) is 11.2 Å². The van der Waals surface area contributed by atoms with Gasteiger partial charge in [-0.1, -0.05) is 12.1 Å². The van der Waals surface area contributed by atoms with E-state index in [2.05, 4.69) is 20.6 Å². The highest BCUT2D eigenvalue weighted by molar-refractivity contribution is 8.18. The van der Waals surface area contributed by atoms with Crippen LogP contribution in [0.3, 0.4) is 0 Å². The topological polar surface area (TPSA) is 95.6 Å². The van der Waals surface area contributed by atoms with Crippen LogP contribution in [0.15, 0.2) is 46.4 Å². The highest BCUT2D eigenvalue weighted by Crippen LogP contribution is 2.35. The van der Waals surface area contributed by atoms with E-state index in [9.17, 15) is 9.59 Å². The number of H-pyrrole nitrogens is 1. The van der Waals surface area contributed by atoms with Crippen LogP contribution in [0.2, 0.25) is 0 Å². The molecule has 4 rings (SSSR count). The van der Waals surface area contributed by atoms with Crippen LogP contribution in [0.25, 0.3) is 5.57 Å². The molecule has 0 radical (unpaired) electrons. The molecule has 1 aromatic heterocycles. The Labute approximate surface area is 166 Å². The number of ether oxygens (including phenoxy) is 1. The first-order chi connectivity index (χ1) is 13.7. The maximum absolute atomic E-state index is 12.5. The fraction of sp³-hybridized carbons (Fsp3) is 0.250. The number of carbonyl (C=O) groups is 2. The third kappa shape index (κ3) is 3.68. The molecule has 0 unspecified atom stereocenters. The number of rotatable bonds is 4. The van der Waals surface area contributed by atoms with Crippen molar-refractivity contribution in [3.05, 3.63) is 58.3 Å². The molecule has 28 heavy (non-hydrogen) atoms. The maximum Gasteiger partial charge on any atom is 0.268 e. The largest absolute Gasteiger partial charge is 0.497 e. The van der Waals surface area contributed by atoms with Gasteiger partial charge >= 0.3 is 0 Å². The molecule has 1 fully saturated rings. The lowest BCUT2D eigenvalue weighted by Gasteiger charge is -2.05. The number of aromatic amines is 1. The Hall–Kier alpha value is -3.00. The second kappa shape index (κ2) is 7.93. The Balaban J connectivity index is 1.49. The summed E-state index contributed by atoms with van der Waals surface area (Å²) in [6.07, 6.45) is 3.10. The molecule has 1 saturated heterocycles. The molecule has 3 heterocycles. The number of amidine groups is 1. The highest BCUT2D eigenvalue weighted by atomic mass is 32.2. The normalized spacial score (nSPS) is 20.5. The van der Waals surface area contributed by atoms with E-state index in [4.69, 9.17) is 4.74 Å². The van der Waals surface area contributed by atoms with Gasteiger partial charge in [-0.2, -0.15) is 0 Å². The first-order valence-corrected chi connectivity index (χ1v) is 9.83. The molecular weight excluding hydrogens is 376 g/mol. The Morgan fingerprint density at radius 3 is 2.75 bits per heavy atom. The number of nitrogens with one attached hydrogen (secondary N) is 3. The number of hydrogen-bond donors (Lipinski definition) is 3. The standard InChI is InChI=1S/C20H20N4O3S/c1-27-13-4-2-12(3-5-13)6-9-23-20-24-19(26)17(28-20)15-8-11-22-18(25)16-14(15)7-10-21-16/h2-5,7,10,21H,6,8-9,11H2,1H3,(H,22,25)(H,23,24,26)/b17-15-. The van der Waals surface area contributed by atoms with E-state index in [0.29, 0.717) is 35.3 Å². The summed E-state index contributed by atoms with van der Waals surface area (Å²) < 4.78 is 5.16. The maximum atomic E-state index is 12.5. The van der Waals surface area contributed by atoms with Crippen molar-refractivity contribution in [2.24, 2.45) is 4.99 Å². The van der Waals surface area contributed by atoms with E-state index in [0.717, 1.165) is 28.9 Å². The molecule has 0 spiro atoms. The Bertz CT molecular complexity index is 976. The molecular formula is C20H20N4O3S. The fourth-order valence-electron chi connectivity index (χ4n) is 3.24. The number of amides is 2. The van der Waals surface area contributed by atoms with Crippen molar-refractivity contribution < 1.29 is 14.3 Å². The van der Waals surface area contributed by atoms with Crippen molar-refractivity contribution >= 4 is 34.3 Å². The minimum Gasteiger partial charge on any atom is -0.497 e. The third-order valence-electron chi connectivity index (χ3n) is 4.67. The number of aliphatic imine (C=N–C) groups is 1. The molecule has 1 aromatic carbocycles. The van der Waals surface area contributed by atoms with Crippen LogP contribution in [-0.4, -0.2) is 42.2 Å². The summed E-state index contributed by atoms with van der Waals surface area (Å²) in [6, 6.07) is 9.71. The van der Waals surface area contributed by atoms with E-state index in [1.165, 1.54) is 11.8 Å². The number of nitrogens with zero attached hydrogens (tertiary/aromatic N) is 1. The van der Waals surface area contributed by atoms with Gasteiger partial charge in [-0.25, -0.2) is 0 Å². The summed E-state index contributed by atoms with van der Waals surface area (Å²) in [5.74, 6) is 0.516. The van der Waals surface area contributed by atoms with Gasteiger partial charge in [-0.15, -0.1) is 0 Å². The number of methoxy groups -OCH3 is 1. The van der Waals surface area contributed by atoms with Crippen molar-refractivity contribution in [3.8, 4) is 5.75 Å². The van der Waals surface area contributed by atoms with Gasteiger partial charge in [-0.05, 0) is 53.9 Å². The van der Waals surface area contributed by atoms with Crippen molar-refractivity contribution in [1.82, 2.24) is 15.6 Å². The fourth-order valence-corrected chi connectivity index (χ4v) is 4.21. The van der Waals surface area contributed by atoms with E-state index in [-0.39, 0.29) is 11.8 Å². The molecule has 0 saturated carbocycles. The van der Waals surface area contributed by atoms with Crippen LogP contribution in [0.4, 0.5) is 0 Å². The summed E-state index contributed by atoms with van der Waals surface area (Å²) in [5.41, 5.74) is 3.31. The first-order valence-electron chi connectivity index (χ1n) is 9.01. The third-order valence-corrected chi connectivity index (χ3v) is 5.73. The van der Waals surface area contributed by atoms with Crippen LogP contribution in [0.5, 0.6) is 5.75 Å². The lowest BCUT2D eigenvalue weighted by molar-refractivity contribution is -0.115. The summed E-state index contributed by atoms with van der Waals surface area (Å²) in [5, 5.41) is 6.28. The average Bonchev–Trinajstić information content (AvgIpc) is 3.29. The molecule has 3 N–H and O–H groups in total. The molecule has 2 aromatic rings. The van der Waals surface area contributed by atoms with Gasteiger partial charge in [0.15, 0.2) is 5.17 Å². The van der Waals surface area contributed by atoms with Gasteiger partial charge < -0.3 is 20.4 Å². The van der Waals surface area contributed by atoms with Crippen molar-refractivity contribution in [2.75, 3.05) is 20.2 Å². The van der Waals surface area contributed by atoms with Crippen LogP contribution in [0.1, 0.15) is 28.0 Å². The van der Waals surface area contributed by atoms with E-state index in [1.54, 1.807) is 13.3 Å². The molecule has 2 aliphatic heterocycles.